The van der Waals surface area contributed by atoms with Crippen LogP contribution in [0.3, 0.4) is 0 Å². The fraction of sp³-hybridized carbons (Fsp3) is 0.556. The van der Waals surface area contributed by atoms with Crippen molar-refractivity contribution in [2.75, 3.05) is 0 Å². The van der Waals surface area contributed by atoms with Crippen LogP contribution in [0.15, 0.2) is 34.4 Å². The smallest absolute Gasteiger partial charge is 0.250 e. The molecule has 0 radical (unpaired) electrons. The van der Waals surface area contributed by atoms with E-state index in [0.717, 1.165) is 25.7 Å². The standard InChI is InChI=1S/2C9H13.Zr/c2*1-3-8-5-6-9(4-2)7-8;/h2*5H,3-4,6H2,1-2H3;/q2*-1;+2. The molecule has 0 heterocycles. The Morgan fingerprint density at radius 3 is 1.26 bits per heavy atom. The van der Waals surface area contributed by atoms with Crippen LogP contribution in [-0.2, 0) is 26.2 Å². The Bertz CT molecular complexity index is 342. The molecule has 0 aromatic carbocycles. The third-order valence-corrected chi connectivity index (χ3v) is 3.48. The predicted octanol–water partition coefficient (Wildman–Crippen LogP) is 5.73. The number of hydrogen-bond donors (Lipinski definition) is 0. The molecule has 102 valence electrons. The Labute approximate surface area is 138 Å². The van der Waals surface area contributed by atoms with E-state index in [1.54, 1.807) is 0 Å². The summed E-state index contributed by atoms with van der Waals surface area (Å²) in [6.45, 7) is 8.73. The second kappa shape index (κ2) is 10.6. The molecule has 2 rings (SSSR count). The third kappa shape index (κ3) is 6.71. The van der Waals surface area contributed by atoms with Crippen LogP contribution in [0.25, 0.3) is 0 Å². The van der Waals surface area contributed by atoms with Crippen molar-refractivity contribution in [1.29, 1.82) is 0 Å². The van der Waals surface area contributed by atoms with Gasteiger partial charge in [0.2, 0.25) is 0 Å². The average Bonchev–Trinajstić information content (AvgIpc) is 3.07. The van der Waals surface area contributed by atoms with Crippen molar-refractivity contribution in [3.8, 4) is 0 Å². The van der Waals surface area contributed by atoms with Gasteiger partial charge in [-0.3, -0.25) is 0 Å². The molecule has 0 N–H and O–H groups in total. The molecule has 19 heavy (non-hydrogen) atoms. The number of allylic oxidation sites excluding steroid dienone is 8. The first kappa shape index (κ1) is 18.8. The Morgan fingerprint density at radius 1 is 0.737 bits per heavy atom. The van der Waals surface area contributed by atoms with Crippen molar-refractivity contribution in [2.24, 2.45) is 0 Å². The summed E-state index contributed by atoms with van der Waals surface area (Å²) >= 11 is 0. The van der Waals surface area contributed by atoms with E-state index in [1.165, 1.54) is 35.1 Å². The maximum atomic E-state index is 3.37. The summed E-state index contributed by atoms with van der Waals surface area (Å²) in [7, 11) is 0. The fourth-order valence-corrected chi connectivity index (χ4v) is 2.08. The first-order valence-electron chi connectivity index (χ1n) is 7.34. The molecule has 0 aromatic rings. The van der Waals surface area contributed by atoms with Gasteiger partial charge in [-0.25, -0.2) is 35.5 Å². The zero-order valence-electron chi connectivity index (χ0n) is 12.9. The van der Waals surface area contributed by atoms with Gasteiger partial charge in [0.1, 0.15) is 0 Å². The molecular formula is C18H26Zr. The summed E-state index contributed by atoms with van der Waals surface area (Å²) in [6.07, 6.45) is 18.2. The second-order valence-electron chi connectivity index (χ2n) is 4.74. The van der Waals surface area contributed by atoms with Gasteiger partial charge in [-0.1, -0.05) is 66.2 Å². The summed E-state index contributed by atoms with van der Waals surface area (Å²) in [6, 6.07) is 0. The minimum atomic E-state index is 0. The zero-order valence-corrected chi connectivity index (χ0v) is 15.4. The largest absolute Gasteiger partial charge is 2.00 e. The van der Waals surface area contributed by atoms with E-state index in [1.807, 2.05) is 0 Å². The van der Waals surface area contributed by atoms with Gasteiger partial charge >= 0.3 is 26.2 Å². The molecule has 0 amide bonds. The SMILES string of the molecule is CCC1=[C-]C(CC)=CC1.CCC1=[C-]C(CC)=CC1.[Zr+2]. The Hall–Kier alpha value is -0.157. The van der Waals surface area contributed by atoms with Crippen LogP contribution in [0, 0.1) is 12.2 Å². The molecule has 0 saturated carbocycles. The molecule has 0 saturated heterocycles. The van der Waals surface area contributed by atoms with Gasteiger partial charge in [0.15, 0.2) is 0 Å². The van der Waals surface area contributed by atoms with Crippen molar-refractivity contribution >= 4 is 0 Å². The first-order chi connectivity index (χ1) is 8.73. The first-order valence-corrected chi connectivity index (χ1v) is 7.34. The van der Waals surface area contributed by atoms with Crippen LogP contribution < -0.4 is 0 Å². The van der Waals surface area contributed by atoms with Crippen LogP contribution >= 0.6 is 0 Å². The molecule has 2 aliphatic rings. The van der Waals surface area contributed by atoms with E-state index in [2.05, 4.69) is 52.0 Å². The van der Waals surface area contributed by atoms with Gasteiger partial charge in [-0.05, 0) is 0 Å². The predicted molar refractivity (Wildman–Crippen MR) is 80.1 cm³/mol. The molecule has 0 aromatic heterocycles. The van der Waals surface area contributed by atoms with Gasteiger partial charge in [0, 0.05) is 0 Å². The molecule has 0 nitrogen and oxygen atoms in total. The van der Waals surface area contributed by atoms with E-state index in [-0.39, 0.29) is 26.2 Å². The van der Waals surface area contributed by atoms with Crippen molar-refractivity contribution < 1.29 is 26.2 Å². The summed E-state index contributed by atoms with van der Waals surface area (Å²) in [5.74, 6) is 0. The topological polar surface area (TPSA) is 0 Å². The third-order valence-electron chi connectivity index (χ3n) is 3.48. The van der Waals surface area contributed by atoms with Gasteiger partial charge < -0.3 is 0 Å². The van der Waals surface area contributed by atoms with E-state index in [9.17, 15) is 0 Å². The molecule has 0 atom stereocenters. The van der Waals surface area contributed by atoms with E-state index in [4.69, 9.17) is 0 Å². The Morgan fingerprint density at radius 2 is 1.11 bits per heavy atom. The van der Waals surface area contributed by atoms with Gasteiger partial charge in [0.05, 0.1) is 0 Å². The van der Waals surface area contributed by atoms with Crippen molar-refractivity contribution in [3.05, 3.63) is 46.6 Å². The van der Waals surface area contributed by atoms with Gasteiger partial charge in [0.25, 0.3) is 0 Å². The minimum Gasteiger partial charge on any atom is -0.250 e. The number of rotatable bonds is 4. The van der Waals surface area contributed by atoms with Crippen LogP contribution in [0.2, 0.25) is 0 Å². The summed E-state index contributed by atoms with van der Waals surface area (Å²) < 4.78 is 0. The quantitative estimate of drug-likeness (QED) is 0.576. The molecule has 0 bridgehead atoms. The summed E-state index contributed by atoms with van der Waals surface area (Å²) in [4.78, 5) is 0. The van der Waals surface area contributed by atoms with E-state index < -0.39 is 0 Å². The maximum absolute atomic E-state index is 3.37. The Kier molecular flexibility index (Phi) is 10.5. The summed E-state index contributed by atoms with van der Waals surface area (Å²) in [5, 5.41) is 0. The van der Waals surface area contributed by atoms with E-state index in [0.29, 0.717) is 0 Å². The van der Waals surface area contributed by atoms with Crippen LogP contribution in [0.5, 0.6) is 0 Å². The van der Waals surface area contributed by atoms with Gasteiger partial charge in [-0.15, -0.1) is 0 Å². The average molecular weight is 334 g/mol. The van der Waals surface area contributed by atoms with Crippen LogP contribution in [0.1, 0.15) is 66.2 Å². The summed E-state index contributed by atoms with van der Waals surface area (Å²) in [5.41, 5.74) is 5.72. The molecular weight excluding hydrogens is 307 g/mol. The van der Waals surface area contributed by atoms with Gasteiger partial charge in [-0.2, -0.15) is 11.1 Å². The van der Waals surface area contributed by atoms with Crippen LogP contribution in [-0.4, -0.2) is 0 Å². The normalized spacial score (nSPS) is 16.6. The fourth-order valence-electron chi connectivity index (χ4n) is 2.08. The molecule has 0 unspecified atom stereocenters. The zero-order chi connectivity index (χ0) is 13.4. The minimum absolute atomic E-state index is 0. The van der Waals surface area contributed by atoms with Crippen LogP contribution in [0.4, 0.5) is 0 Å². The molecule has 2 aliphatic carbocycles. The van der Waals surface area contributed by atoms with Crippen molar-refractivity contribution in [3.63, 3.8) is 0 Å². The monoisotopic (exact) mass is 332 g/mol. The van der Waals surface area contributed by atoms with E-state index >= 15 is 0 Å². The molecule has 0 fully saturated rings. The second-order valence-corrected chi connectivity index (χ2v) is 4.74. The van der Waals surface area contributed by atoms with Crippen molar-refractivity contribution in [2.45, 2.75) is 66.2 Å². The molecule has 0 spiro atoms. The maximum Gasteiger partial charge on any atom is 2.00 e. The Balaban J connectivity index is 0.000000324. The molecule has 1 heteroatoms. The molecule has 0 aliphatic heterocycles. The van der Waals surface area contributed by atoms with Crippen molar-refractivity contribution in [1.82, 2.24) is 0 Å². The number of hydrogen-bond acceptors (Lipinski definition) is 0.